The number of nitrogens with two attached hydrogens (primary N) is 1. The Morgan fingerprint density at radius 2 is 2.40 bits per heavy atom. The van der Waals surface area contributed by atoms with Crippen LogP contribution in [0.3, 0.4) is 0 Å². The summed E-state index contributed by atoms with van der Waals surface area (Å²) in [6.07, 6.45) is -0.342. The molecule has 0 bridgehead atoms. The Balaban J connectivity index is 1.93. The fourth-order valence-corrected chi connectivity index (χ4v) is 1.64. The monoisotopic (exact) mass is 163 g/mol. The second kappa shape index (κ2) is 4.18. The predicted octanol–water partition coefficient (Wildman–Crippen LogP) is -0.562. The van der Waals surface area contributed by atoms with Gasteiger partial charge in [0.15, 0.2) is 0 Å². The maximum atomic E-state index is 9.04. The lowest BCUT2D eigenvalue weighted by Gasteiger charge is -2.25. The van der Waals surface area contributed by atoms with Crippen LogP contribution in [-0.4, -0.2) is 42.0 Å². The number of rotatable bonds is 4. The van der Waals surface area contributed by atoms with Crippen molar-refractivity contribution < 1.29 is 9.84 Å². The largest absolute Gasteiger partial charge is 0.391 e. The van der Waals surface area contributed by atoms with E-state index in [1.54, 1.807) is 11.8 Å². The zero-order valence-corrected chi connectivity index (χ0v) is 6.64. The molecule has 0 saturated carbocycles. The van der Waals surface area contributed by atoms with Crippen LogP contribution in [0.4, 0.5) is 0 Å². The third-order valence-corrected chi connectivity index (χ3v) is 2.72. The number of aliphatic hydroxyl groups excluding tert-OH is 1. The van der Waals surface area contributed by atoms with Crippen molar-refractivity contribution in [2.75, 3.05) is 25.5 Å². The lowest BCUT2D eigenvalue weighted by molar-refractivity contribution is 0.0452. The maximum absolute atomic E-state index is 9.04. The predicted molar refractivity (Wildman–Crippen MR) is 42.1 cm³/mol. The van der Waals surface area contributed by atoms with Gasteiger partial charge < -0.3 is 15.6 Å². The van der Waals surface area contributed by atoms with Crippen LogP contribution in [0.5, 0.6) is 0 Å². The summed E-state index contributed by atoms with van der Waals surface area (Å²) in [6.45, 7) is 2.03. The summed E-state index contributed by atoms with van der Waals surface area (Å²) in [5.74, 6) is 0.741. The van der Waals surface area contributed by atoms with Crippen LogP contribution in [0.25, 0.3) is 0 Å². The molecule has 3 N–H and O–H groups in total. The molecule has 4 heteroatoms. The Morgan fingerprint density at radius 1 is 1.70 bits per heavy atom. The lowest BCUT2D eigenvalue weighted by Crippen LogP contribution is -2.33. The summed E-state index contributed by atoms with van der Waals surface area (Å²) < 4.78 is 4.97. The Hall–Kier alpha value is 0.230. The molecular formula is C6H13NO2S. The highest BCUT2D eigenvalue weighted by molar-refractivity contribution is 8.00. The standard InChI is InChI=1S/C6H13NO2S/c7-1-5(8)4-10-6-2-9-3-6/h5-6,8H,1-4,7H2. The van der Waals surface area contributed by atoms with Crippen LogP contribution < -0.4 is 5.73 Å². The minimum Gasteiger partial charge on any atom is -0.391 e. The SMILES string of the molecule is NCC(O)CSC1COC1. The van der Waals surface area contributed by atoms with E-state index in [9.17, 15) is 0 Å². The van der Waals surface area contributed by atoms with Crippen LogP contribution in [0, 0.1) is 0 Å². The Labute approximate surface area is 64.9 Å². The quantitative estimate of drug-likeness (QED) is 0.583. The van der Waals surface area contributed by atoms with E-state index in [2.05, 4.69) is 0 Å². The Bertz CT molecular complexity index is 93.0. The van der Waals surface area contributed by atoms with Crippen molar-refractivity contribution in [2.24, 2.45) is 5.73 Å². The number of thioether (sulfide) groups is 1. The molecule has 1 aliphatic rings. The first-order chi connectivity index (χ1) is 4.83. The van der Waals surface area contributed by atoms with Crippen LogP contribution in [0.15, 0.2) is 0 Å². The first-order valence-electron chi connectivity index (χ1n) is 3.40. The van der Waals surface area contributed by atoms with Crippen molar-refractivity contribution in [3.05, 3.63) is 0 Å². The number of aliphatic hydroxyl groups is 1. The summed E-state index contributed by atoms with van der Waals surface area (Å²) in [5, 5.41) is 9.64. The number of hydrogen-bond acceptors (Lipinski definition) is 4. The summed E-state index contributed by atoms with van der Waals surface area (Å²) in [7, 11) is 0. The summed E-state index contributed by atoms with van der Waals surface area (Å²) in [5.41, 5.74) is 5.22. The zero-order chi connectivity index (χ0) is 7.40. The summed E-state index contributed by atoms with van der Waals surface area (Å²) in [4.78, 5) is 0. The van der Waals surface area contributed by atoms with Gasteiger partial charge in [-0.05, 0) is 0 Å². The van der Waals surface area contributed by atoms with Gasteiger partial charge in [0.2, 0.25) is 0 Å². The molecule has 0 aliphatic carbocycles. The van der Waals surface area contributed by atoms with Gasteiger partial charge in [-0.2, -0.15) is 11.8 Å². The van der Waals surface area contributed by atoms with E-state index in [-0.39, 0.29) is 6.10 Å². The van der Waals surface area contributed by atoms with Crippen LogP contribution in [0.1, 0.15) is 0 Å². The molecule has 1 atom stereocenters. The highest BCUT2D eigenvalue weighted by Gasteiger charge is 2.19. The number of ether oxygens (including phenoxy) is 1. The zero-order valence-electron chi connectivity index (χ0n) is 5.82. The van der Waals surface area contributed by atoms with Gasteiger partial charge in [0.1, 0.15) is 0 Å². The molecule has 1 saturated heterocycles. The minimum atomic E-state index is -0.342. The van der Waals surface area contributed by atoms with Gasteiger partial charge in [0.05, 0.1) is 24.6 Å². The third kappa shape index (κ3) is 2.46. The van der Waals surface area contributed by atoms with Crippen molar-refractivity contribution in [3.8, 4) is 0 Å². The molecule has 10 heavy (non-hydrogen) atoms. The normalized spacial score (nSPS) is 22.2. The van der Waals surface area contributed by atoms with Gasteiger partial charge in [-0.15, -0.1) is 0 Å². The highest BCUT2D eigenvalue weighted by Crippen LogP contribution is 2.19. The van der Waals surface area contributed by atoms with E-state index >= 15 is 0 Å². The molecule has 0 aromatic rings. The lowest BCUT2D eigenvalue weighted by atomic mass is 10.4. The Morgan fingerprint density at radius 3 is 2.80 bits per heavy atom. The molecule has 1 rings (SSSR count). The Kier molecular flexibility index (Phi) is 3.48. The van der Waals surface area contributed by atoms with E-state index in [1.807, 2.05) is 0 Å². The third-order valence-electron chi connectivity index (χ3n) is 1.40. The van der Waals surface area contributed by atoms with Crippen molar-refractivity contribution >= 4 is 11.8 Å². The van der Waals surface area contributed by atoms with Crippen molar-refractivity contribution in [1.82, 2.24) is 0 Å². The molecule has 0 radical (unpaired) electrons. The first-order valence-corrected chi connectivity index (χ1v) is 4.45. The van der Waals surface area contributed by atoms with Crippen molar-refractivity contribution in [2.45, 2.75) is 11.4 Å². The van der Waals surface area contributed by atoms with E-state index in [4.69, 9.17) is 15.6 Å². The van der Waals surface area contributed by atoms with Crippen molar-refractivity contribution in [3.63, 3.8) is 0 Å². The van der Waals surface area contributed by atoms with E-state index in [1.165, 1.54) is 0 Å². The number of hydrogen-bond donors (Lipinski definition) is 2. The molecule has 1 unspecified atom stereocenters. The van der Waals surface area contributed by atoms with Crippen LogP contribution >= 0.6 is 11.8 Å². The van der Waals surface area contributed by atoms with Crippen molar-refractivity contribution in [1.29, 1.82) is 0 Å². The smallest absolute Gasteiger partial charge is 0.0752 e. The van der Waals surface area contributed by atoms with E-state index in [0.717, 1.165) is 19.0 Å². The molecule has 60 valence electrons. The maximum Gasteiger partial charge on any atom is 0.0752 e. The fraction of sp³-hybridized carbons (Fsp3) is 1.00. The van der Waals surface area contributed by atoms with Gasteiger partial charge in [0.25, 0.3) is 0 Å². The van der Waals surface area contributed by atoms with Crippen LogP contribution in [-0.2, 0) is 4.74 Å². The van der Waals surface area contributed by atoms with Crippen LogP contribution in [0.2, 0.25) is 0 Å². The fourth-order valence-electron chi connectivity index (χ4n) is 0.625. The topological polar surface area (TPSA) is 55.5 Å². The molecule has 1 heterocycles. The molecule has 0 amide bonds. The van der Waals surface area contributed by atoms with Gasteiger partial charge in [-0.1, -0.05) is 0 Å². The summed E-state index contributed by atoms with van der Waals surface area (Å²) >= 11 is 1.74. The van der Waals surface area contributed by atoms with Gasteiger partial charge in [-0.25, -0.2) is 0 Å². The van der Waals surface area contributed by atoms with Gasteiger partial charge in [0, 0.05) is 12.3 Å². The minimum absolute atomic E-state index is 0.342. The molecule has 0 aromatic heterocycles. The second-order valence-electron chi connectivity index (χ2n) is 2.38. The van der Waals surface area contributed by atoms with E-state index < -0.39 is 0 Å². The average Bonchev–Trinajstić information content (AvgIpc) is 1.84. The summed E-state index contributed by atoms with van der Waals surface area (Å²) in [6, 6.07) is 0. The molecule has 1 fully saturated rings. The molecule has 0 spiro atoms. The van der Waals surface area contributed by atoms with E-state index in [0.29, 0.717) is 11.8 Å². The molecule has 3 nitrogen and oxygen atoms in total. The van der Waals surface area contributed by atoms with Gasteiger partial charge >= 0.3 is 0 Å². The molecular weight excluding hydrogens is 150 g/mol. The molecule has 0 aromatic carbocycles. The highest BCUT2D eigenvalue weighted by atomic mass is 32.2. The second-order valence-corrected chi connectivity index (χ2v) is 3.72. The average molecular weight is 163 g/mol. The molecule has 1 aliphatic heterocycles. The van der Waals surface area contributed by atoms with Gasteiger partial charge in [-0.3, -0.25) is 0 Å². The first kappa shape index (κ1) is 8.33.